The summed E-state index contributed by atoms with van der Waals surface area (Å²) in [7, 11) is 0. The standard InChI is InChI=1S/C15H25N3O4/c19-12-9-13(18(10-12)15(21)22)14(20)17-6-2-5-16(7-8-17)11-3-1-4-11/h11-13,19H,1-10H2,(H,21,22)/t12-,13+/m1/s1. The van der Waals surface area contributed by atoms with Crippen LogP contribution in [0, 0.1) is 0 Å². The zero-order valence-electron chi connectivity index (χ0n) is 12.9. The Morgan fingerprint density at radius 3 is 2.41 bits per heavy atom. The summed E-state index contributed by atoms with van der Waals surface area (Å²) in [5.41, 5.74) is 0. The Morgan fingerprint density at radius 2 is 1.77 bits per heavy atom. The van der Waals surface area contributed by atoms with Crippen LogP contribution in [0.25, 0.3) is 0 Å². The van der Waals surface area contributed by atoms with Crippen molar-refractivity contribution in [2.45, 2.75) is 50.3 Å². The van der Waals surface area contributed by atoms with Crippen molar-refractivity contribution in [1.29, 1.82) is 0 Å². The van der Waals surface area contributed by atoms with Crippen molar-refractivity contribution in [3.8, 4) is 0 Å². The largest absolute Gasteiger partial charge is 0.465 e. The van der Waals surface area contributed by atoms with Gasteiger partial charge in [-0.1, -0.05) is 6.42 Å². The Morgan fingerprint density at radius 1 is 1.00 bits per heavy atom. The van der Waals surface area contributed by atoms with Crippen molar-refractivity contribution in [3.05, 3.63) is 0 Å². The fourth-order valence-corrected chi connectivity index (χ4v) is 3.74. The number of carboxylic acid groups (broad SMARTS) is 1. The van der Waals surface area contributed by atoms with E-state index in [1.54, 1.807) is 4.90 Å². The maximum absolute atomic E-state index is 12.7. The van der Waals surface area contributed by atoms with E-state index in [4.69, 9.17) is 0 Å². The van der Waals surface area contributed by atoms with Gasteiger partial charge >= 0.3 is 6.09 Å². The SMILES string of the molecule is O=C([C@@H]1C[C@@H](O)CN1C(=O)O)N1CCCN(C2CCC2)CC1. The van der Waals surface area contributed by atoms with E-state index in [0.29, 0.717) is 19.1 Å². The molecule has 0 aromatic rings. The van der Waals surface area contributed by atoms with Gasteiger partial charge in [-0.3, -0.25) is 14.6 Å². The molecule has 3 aliphatic rings. The molecule has 3 fully saturated rings. The van der Waals surface area contributed by atoms with E-state index in [2.05, 4.69) is 4.90 Å². The number of aliphatic hydroxyl groups excluding tert-OH is 1. The highest BCUT2D eigenvalue weighted by molar-refractivity contribution is 5.86. The Hall–Kier alpha value is -1.34. The predicted molar refractivity (Wildman–Crippen MR) is 79.6 cm³/mol. The summed E-state index contributed by atoms with van der Waals surface area (Å²) in [6.45, 7) is 3.27. The molecule has 0 aromatic heterocycles. The maximum atomic E-state index is 12.7. The van der Waals surface area contributed by atoms with Crippen molar-refractivity contribution in [3.63, 3.8) is 0 Å². The third-order valence-electron chi connectivity index (χ3n) is 5.24. The molecule has 1 saturated carbocycles. The summed E-state index contributed by atoms with van der Waals surface area (Å²) < 4.78 is 0. The van der Waals surface area contributed by atoms with Gasteiger partial charge in [-0.25, -0.2) is 4.79 Å². The zero-order chi connectivity index (χ0) is 15.7. The second kappa shape index (κ2) is 6.42. The Kier molecular flexibility index (Phi) is 4.54. The first-order chi connectivity index (χ1) is 10.6. The molecular formula is C15H25N3O4. The molecule has 7 heteroatoms. The van der Waals surface area contributed by atoms with Crippen LogP contribution in [0.3, 0.4) is 0 Å². The summed E-state index contributed by atoms with van der Waals surface area (Å²) >= 11 is 0. The van der Waals surface area contributed by atoms with Gasteiger partial charge in [-0.15, -0.1) is 0 Å². The molecule has 2 aliphatic heterocycles. The van der Waals surface area contributed by atoms with Gasteiger partial charge in [-0.05, 0) is 19.3 Å². The summed E-state index contributed by atoms with van der Waals surface area (Å²) in [5, 5.41) is 18.9. The Labute approximate surface area is 130 Å². The number of hydrogen-bond acceptors (Lipinski definition) is 4. The van der Waals surface area contributed by atoms with Crippen molar-refractivity contribution in [1.82, 2.24) is 14.7 Å². The van der Waals surface area contributed by atoms with E-state index in [0.717, 1.165) is 24.4 Å². The third-order valence-corrected chi connectivity index (χ3v) is 5.24. The molecule has 2 N–H and O–H groups in total. The highest BCUT2D eigenvalue weighted by Gasteiger charge is 2.41. The summed E-state index contributed by atoms with van der Waals surface area (Å²) in [5.74, 6) is -0.144. The van der Waals surface area contributed by atoms with E-state index >= 15 is 0 Å². The predicted octanol–water partition coefficient (Wildman–Crippen LogP) is 0.186. The maximum Gasteiger partial charge on any atom is 0.408 e. The molecule has 2 amide bonds. The van der Waals surface area contributed by atoms with Gasteiger partial charge in [0.2, 0.25) is 5.91 Å². The van der Waals surface area contributed by atoms with Crippen LogP contribution in [0.1, 0.15) is 32.1 Å². The molecular weight excluding hydrogens is 286 g/mol. The van der Waals surface area contributed by atoms with Gasteiger partial charge in [0, 0.05) is 38.6 Å². The molecule has 124 valence electrons. The lowest BCUT2D eigenvalue weighted by Crippen LogP contribution is -2.49. The van der Waals surface area contributed by atoms with Crippen LogP contribution >= 0.6 is 0 Å². The van der Waals surface area contributed by atoms with Crippen LogP contribution < -0.4 is 0 Å². The number of hydrogen-bond donors (Lipinski definition) is 2. The first-order valence-corrected chi connectivity index (χ1v) is 8.26. The fraction of sp³-hybridized carbons (Fsp3) is 0.867. The summed E-state index contributed by atoms with van der Waals surface area (Å²) in [4.78, 5) is 29.2. The van der Waals surface area contributed by atoms with Crippen molar-refractivity contribution in [2.75, 3.05) is 32.7 Å². The molecule has 2 heterocycles. The first kappa shape index (κ1) is 15.6. The van der Waals surface area contributed by atoms with Crippen LogP contribution in [-0.2, 0) is 4.79 Å². The van der Waals surface area contributed by atoms with Crippen LogP contribution in [0.15, 0.2) is 0 Å². The Balaban J connectivity index is 1.60. The molecule has 7 nitrogen and oxygen atoms in total. The average molecular weight is 311 g/mol. The molecule has 0 radical (unpaired) electrons. The van der Waals surface area contributed by atoms with Crippen molar-refractivity contribution < 1.29 is 19.8 Å². The topological polar surface area (TPSA) is 84.3 Å². The van der Waals surface area contributed by atoms with E-state index in [1.807, 2.05) is 0 Å². The fourth-order valence-electron chi connectivity index (χ4n) is 3.74. The molecule has 2 atom stereocenters. The lowest BCUT2D eigenvalue weighted by molar-refractivity contribution is -0.135. The normalized spacial score (nSPS) is 31.0. The van der Waals surface area contributed by atoms with Gasteiger partial charge in [0.15, 0.2) is 0 Å². The second-order valence-corrected chi connectivity index (χ2v) is 6.64. The summed E-state index contributed by atoms with van der Waals surface area (Å²) in [6.07, 6.45) is 3.12. The number of aliphatic hydroxyl groups is 1. The van der Waals surface area contributed by atoms with Crippen LogP contribution in [0.2, 0.25) is 0 Å². The molecule has 0 spiro atoms. The number of β-amino-alcohol motifs (C(OH)–C–C–N with tert-alkyl or cyclic N) is 1. The number of nitrogens with zero attached hydrogens (tertiary/aromatic N) is 3. The first-order valence-electron chi connectivity index (χ1n) is 8.26. The van der Waals surface area contributed by atoms with Gasteiger partial charge in [0.25, 0.3) is 0 Å². The van der Waals surface area contributed by atoms with E-state index in [1.165, 1.54) is 19.3 Å². The quantitative estimate of drug-likeness (QED) is 0.760. The number of likely N-dealkylation sites (tertiary alicyclic amines) is 1. The van der Waals surface area contributed by atoms with Gasteiger partial charge in [0.05, 0.1) is 12.6 Å². The smallest absolute Gasteiger partial charge is 0.408 e. The van der Waals surface area contributed by atoms with E-state index < -0.39 is 18.2 Å². The Bertz CT molecular complexity index is 441. The number of carbonyl (C=O) groups excluding carboxylic acids is 1. The van der Waals surface area contributed by atoms with Crippen LogP contribution in [0.5, 0.6) is 0 Å². The van der Waals surface area contributed by atoms with E-state index in [9.17, 15) is 19.8 Å². The molecule has 2 saturated heterocycles. The molecule has 0 unspecified atom stereocenters. The minimum atomic E-state index is -1.12. The molecule has 22 heavy (non-hydrogen) atoms. The molecule has 1 aliphatic carbocycles. The monoisotopic (exact) mass is 311 g/mol. The summed E-state index contributed by atoms with van der Waals surface area (Å²) in [6, 6.07) is -0.0402. The molecule has 0 bridgehead atoms. The highest BCUT2D eigenvalue weighted by Crippen LogP contribution is 2.26. The van der Waals surface area contributed by atoms with Gasteiger partial charge < -0.3 is 15.1 Å². The minimum absolute atomic E-state index is 0.0355. The molecule has 0 aromatic carbocycles. The lowest BCUT2D eigenvalue weighted by atomic mass is 9.91. The van der Waals surface area contributed by atoms with Crippen molar-refractivity contribution >= 4 is 12.0 Å². The zero-order valence-corrected chi connectivity index (χ0v) is 12.9. The number of carbonyl (C=O) groups is 2. The average Bonchev–Trinajstić information content (AvgIpc) is 2.66. The highest BCUT2D eigenvalue weighted by atomic mass is 16.4. The van der Waals surface area contributed by atoms with Gasteiger partial charge in [0.1, 0.15) is 6.04 Å². The van der Waals surface area contributed by atoms with Crippen LogP contribution in [0.4, 0.5) is 4.79 Å². The van der Waals surface area contributed by atoms with Crippen LogP contribution in [-0.4, -0.2) is 87.8 Å². The number of amides is 2. The minimum Gasteiger partial charge on any atom is -0.465 e. The van der Waals surface area contributed by atoms with Gasteiger partial charge in [-0.2, -0.15) is 0 Å². The third kappa shape index (κ3) is 3.05. The number of rotatable bonds is 2. The lowest BCUT2D eigenvalue weighted by Gasteiger charge is -2.36. The molecule has 3 rings (SSSR count). The van der Waals surface area contributed by atoms with Crippen molar-refractivity contribution in [2.24, 2.45) is 0 Å². The second-order valence-electron chi connectivity index (χ2n) is 6.64. The van der Waals surface area contributed by atoms with E-state index in [-0.39, 0.29) is 18.9 Å².